The average Bonchev–Trinajstić information content (AvgIpc) is 3.02. The summed E-state index contributed by atoms with van der Waals surface area (Å²) in [5.41, 5.74) is 0. The molecule has 0 aromatic carbocycles. The van der Waals surface area contributed by atoms with Gasteiger partial charge in [-0.25, -0.2) is 0 Å². The molecular formula is C39H64O5. The van der Waals surface area contributed by atoms with Crippen molar-refractivity contribution in [2.24, 2.45) is 0 Å². The van der Waals surface area contributed by atoms with Gasteiger partial charge in [0, 0.05) is 12.8 Å². The van der Waals surface area contributed by atoms with Crippen molar-refractivity contribution < 1.29 is 24.2 Å². The third-order valence-corrected chi connectivity index (χ3v) is 6.97. The number of carbonyl (C=O) groups excluding carboxylic acids is 2. The molecule has 0 amide bonds. The molecule has 1 N–H and O–H groups in total. The lowest BCUT2D eigenvalue weighted by Crippen LogP contribution is -2.28. The minimum absolute atomic E-state index is 0.0874. The molecule has 0 aliphatic rings. The number of allylic oxidation sites excluding steroid dienone is 12. The molecular weight excluding hydrogens is 548 g/mol. The highest BCUT2D eigenvalue weighted by Gasteiger charge is 2.16. The monoisotopic (exact) mass is 612 g/mol. The molecule has 250 valence electrons. The maximum absolute atomic E-state index is 12.1. The van der Waals surface area contributed by atoms with Crippen molar-refractivity contribution in [2.45, 2.75) is 148 Å². The van der Waals surface area contributed by atoms with Gasteiger partial charge in [0.05, 0.1) is 6.61 Å². The Morgan fingerprint density at radius 2 is 0.977 bits per heavy atom. The third-order valence-electron chi connectivity index (χ3n) is 6.97. The van der Waals surface area contributed by atoms with Crippen LogP contribution in [-0.4, -0.2) is 36.4 Å². The van der Waals surface area contributed by atoms with Crippen LogP contribution in [0.1, 0.15) is 142 Å². The van der Waals surface area contributed by atoms with Crippen molar-refractivity contribution in [1.82, 2.24) is 0 Å². The Morgan fingerprint density at radius 1 is 0.545 bits per heavy atom. The second kappa shape index (κ2) is 34.8. The van der Waals surface area contributed by atoms with Crippen LogP contribution in [-0.2, 0) is 19.1 Å². The standard InChI is InChI=1S/C39H64O5/c1-3-5-7-9-11-13-15-17-18-19-20-22-24-26-28-30-32-34-39(42)44-37(35-40)36-43-38(41)33-31-29-27-25-23-21-16-14-12-10-8-6-4-2/h5,7-8,10-11,13-14,16-18,20,22,37,40H,3-4,6,9,12,15,19,21,23-36H2,1-2H3/b7-5-,10-8-,13-11-,16-14-,18-17-,22-20-. The van der Waals surface area contributed by atoms with Gasteiger partial charge in [0.2, 0.25) is 0 Å². The van der Waals surface area contributed by atoms with Gasteiger partial charge in [0.15, 0.2) is 6.10 Å². The smallest absolute Gasteiger partial charge is 0.306 e. The maximum Gasteiger partial charge on any atom is 0.306 e. The predicted molar refractivity (Wildman–Crippen MR) is 186 cm³/mol. The first kappa shape index (κ1) is 41.3. The molecule has 0 aromatic rings. The predicted octanol–water partition coefficient (Wildman–Crippen LogP) is 10.6. The normalized spacial score (nSPS) is 13.1. The Labute approximate surface area is 270 Å². The maximum atomic E-state index is 12.1. The van der Waals surface area contributed by atoms with Crippen LogP contribution in [0, 0.1) is 0 Å². The number of rotatable bonds is 30. The molecule has 0 saturated heterocycles. The van der Waals surface area contributed by atoms with E-state index < -0.39 is 6.10 Å². The highest BCUT2D eigenvalue weighted by Crippen LogP contribution is 2.10. The van der Waals surface area contributed by atoms with Gasteiger partial charge in [-0.15, -0.1) is 0 Å². The van der Waals surface area contributed by atoms with Crippen molar-refractivity contribution in [3.8, 4) is 0 Å². The zero-order valence-corrected chi connectivity index (χ0v) is 28.1. The molecule has 0 saturated carbocycles. The third kappa shape index (κ3) is 32.3. The molecule has 0 bridgehead atoms. The van der Waals surface area contributed by atoms with E-state index in [0.29, 0.717) is 12.8 Å². The van der Waals surface area contributed by atoms with Gasteiger partial charge in [0.1, 0.15) is 6.61 Å². The van der Waals surface area contributed by atoms with E-state index in [0.717, 1.165) is 96.3 Å². The SMILES string of the molecule is CC/C=C\C/C=C\C/C=C\C/C=C\CCCCCCC(=O)OC(CO)COC(=O)CCCCCCC/C=C\C/C=C\CCC. The molecule has 0 rings (SSSR count). The summed E-state index contributed by atoms with van der Waals surface area (Å²) < 4.78 is 10.5. The first-order valence-electron chi connectivity index (χ1n) is 17.5. The van der Waals surface area contributed by atoms with Crippen LogP contribution in [0.4, 0.5) is 0 Å². The lowest BCUT2D eigenvalue weighted by atomic mass is 10.1. The van der Waals surface area contributed by atoms with Gasteiger partial charge >= 0.3 is 11.9 Å². The Bertz CT molecular complexity index is 833. The van der Waals surface area contributed by atoms with E-state index in [4.69, 9.17) is 9.47 Å². The molecule has 0 fully saturated rings. The number of hydrogen-bond acceptors (Lipinski definition) is 5. The fraction of sp³-hybridized carbons (Fsp3) is 0.641. The van der Waals surface area contributed by atoms with Crippen molar-refractivity contribution in [2.75, 3.05) is 13.2 Å². The van der Waals surface area contributed by atoms with Crippen LogP contribution < -0.4 is 0 Å². The first-order chi connectivity index (χ1) is 21.6. The van der Waals surface area contributed by atoms with E-state index in [-0.39, 0.29) is 25.2 Å². The van der Waals surface area contributed by atoms with Crippen LogP contribution >= 0.6 is 0 Å². The van der Waals surface area contributed by atoms with Crippen LogP contribution in [0.25, 0.3) is 0 Å². The number of unbranched alkanes of at least 4 members (excludes halogenated alkanes) is 10. The second-order valence-corrected chi connectivity index (χ2v) is 11.2. The molecule has 1 unspecified atom stereocenters. The number of aliphatic hydroxyl groups excluding tert-OH is 1. The van der Waals surface area contributed by atoms with E-state index in [1.165, 1.54) is 19.3 Å². The van der Waals surface area contributed by atoms with Gasteiger partial charge < -0.3 is 14.6 Å². The van der Waals surface area contributed by atoms with E-state index in [1.54, 1.807) is 0 Å². The first-order valence-corrected chi connectivity index (χ1v) is 17.5. The number of hydrogen-bond donors (Lipinski definition) is 1. The summed E-state index contributed by atoms with van der Waals surface area (Å²) in [5.74, 6) is -0.645. The Morgan fingerprint density at radius 3 is 1.48 bits per heavy atom. The van der Waals surface area contributed by atoms with E-state index >= 15 is 0 Å². The van der Waals surface area contributed by atoms with Crippen molar-refractivity contribution >= 4 is 11.9 Å². The molecule has 0 spiro atoms. The van der Waals surface area contributed by atoms with E-state index in [2.05, 4.69) is 86.8 Å². The molecule has 1 atom stereocenters. The summed E-state index contributed by atoms with van der Waals surface area (Å²) in [4.78, 5) is 24.1. The van der Waals surface area contributed by atoms with E-state index in [9.17, 15) is 14.7 Å². The topological polar surface area (TPSA) is 72.8 Å². The van der Waals surface area contributed by atoms with Gasteiger partial charge in [0.25, 0.3) is 0 Å². The summed E-state index contributed by atoms with van der Waals surface area (Å²) in [6.45, 7) is 3.90. The fourth-order valence-corrected chi connectivity index (χ4v) is 4.34. The van der Waals surface area contributed by atoms with Gasteiger partial charge in [-0.05, 0) is 77.0 Å². The molecule has 0 aliphatic carbocycles. The molecule has 0 heterocycles. The molecule has 0 aromatic heterocycles. The lowest BCUT2D eigenvalue weighted by molar-refractivity contribution is -0.161. The van der Waals surface area contributed by atoms with Gasteiger partial charge in [-0.3, -0.25) is 9.59 Å². The fourth-order valence-electron chi connectivity index (χ4n) is 4.34. The zero-order chi connectivity index (χ0) is 32.2. The highest BCUT2D eigenvalue weighted by molar-refractivity contribution is 5.70. The Kier molecular flexibility index (Phi) is 32.7. The summed E-state index contributed by atoms with van der Waals surface area (Å²) in [7, 11) is 0. The molecule has 0 aliphatic heterocycles. The molecule has 5 nitrogen and oxygen atoms in total. The number of carbonyl (C=O) groups is 2. The quantitative estimate of drug-likeness (QED) is 0.0496. The zero-order valence-electron chi connectivity index (χ0n) is 28.1. The average molecular weight is 613 g/mol. The summed E-state index contributed by atoms with van der Waals surface area (Å²) in [6.07, 6.45) is 45.2. The van der Waals surface area contributed by atoms with Gasteiger partial charge in [-0.2, -0.15) is 0 Å². The largest absolute Gasteiger partial charge is 0.462 e. The van der Waals surface area contributed by atoms with Crippen molar-refractivity contribution in [3.63, 3.8) is 0 Å². The number of ether oxygens (including phenoxy) is 2. The van der Waals surface area contributed by atoms with E-state index in [1.807, 2.05) is 0 Å². The second-order valence-electron chi connectivity index (χ2n) is 11.2. The summed E-state index contributed by atoms with van der Waals surface area (Å²) in [6, 6.07) is 0. The van der Waals surface area contributed by atoms with Crippen molar-refractivity contribution in [1.29, 1.82) is 0 Å². The van der Waals surface area contributed by atoms with Crippen LogP contribution in [0.2, 0.25) is 0 Å². The van der Waals surface area contributed by atoms with Crippen LogP contribution in [0.15, 0.2) is 72.9 Å². The minimum Gasteiger partial charge on any atom is -0.462 e. The molecule has 5 heteroatoms. The Hall–Kier alpha value is -2.66. The Balaban J connectivity index is 3.68. The molecule has 44 heavy (non-hydrogen) atoms. The highest BCUT2D eigenvalue weighted by atomic mass is 16.6. The van der Waals surface area contributed by atoms with Crippen LogP contribution in [0.5, 0.6) is 0 Å². The lowest BCUT2D eigenvalue weighted by Gasteiger charge is -2.15. The van der Waals surface area contributed by atoms with Crippen molar-refractivity contribution in [3.05, 3.63) is 72.9 Å². The summed E-state index contributed by atoms with van der Waals surface area (Å²) in [5, 5.41) is 9.51. The summed E-state index contributed by atoms with van der Waals surface area (Å²) >= 11 is 0. The number of aliphatic hydroxyl groups is 1. The molecule has 0 radical (unpaired) electrons. The minimum atomic E-state index is -0.792. The van der Waals surface area contributed by atoms with Gasteiger partial charge in [-0.1, -0.05) is 125 Å². The number of esters is 2. The van der Waals surface area contributed by atoms with Crippen LogP contribution in [0.3, 0.4) is 0 Å².